The third-order valence-corrected chi connectivity index (χ3v) is 6.72. The Morgan fingerprint density at radius 3 is 2.15 bits per heavy atom. The van der Waals surface area contributed by atoms with Gasteiger partial charge >= 0.3 is 0 Å². The molecule has 7 heteroatoms. The van der Waals surface area contributed by atoms with Crippen molar-refractivity contribution in [3.63, 3.8) is 0 Å². The number of nitrogens with one attached hydrogen (secondary N) is 1. The van der Waals surface area contributed by atoms with E-state index in [2.05, 4.69) is 29.9 Å². The standard InChI is InChI=1S/C26H42N2O4S/c1-2-3-16-24(29)17-14-12-10-8-6-4-5-7-9-11-13-15-18-26(30)28-33(31,32)25-21-19-23(27)20-22-25/h9,11,14,17,19-22,24,29H,2-8,10,12-13,15-16,18,27H2,1H3,(H,28,30)/b11-9-,17-14-/t24-/m1/s1. The molecule has 0 heterocycles. The Kier molecular flexibility index (Phi) is 15.2. The Labute approximate surface area is 200 Å². The minimum absolute atomic E-state index is 0.0302. The minimum atomic E-state index is -3.84. The van der Waals surface area contributed by atoms with Gasteiger partial charge in [-0.15, -0.1) is 0 Å². The topological polar surface area (TPSA) is 109 Å². The molecule has 1 aromatic carbocycles. The van der Waals surface area contributed by atoms with Crippen molar-refractivity contribution < 1.29 is 18.3 Å². The molecule has 0 saturated heterocycles. The fourth-order valence-corrected chi connectivity index (χ4v) is 4.35. The normalized spacial score (nSPS) is 13.0. The SMILES string of the molecule is CCCC[C@@H](O)/C=C\CCCCCCC/C=C\CCCC(=O)NS(=O)(=O)c1ccc(N)cc1. The maximum atomic E-state index is 12.1. The Hall–Kier alpha value is -2.12. The predicted octanol–water partition coefficient (Wildman–Crippen LogP) is 5.64. The van der Waals surface area contributed by atoms with E-state index in [0.29, 0.717) is 12.1 Å². The number of aliphatic hydroxyl groups excluding tert-OH is 1. The molecular formula is C26H42N2O4S. The molecule has 0 unspecified atom stereocenters. The maximum Gasteiger partial charge on any atom is 0.264 e. The van der Waals surface area contributed by atoms with E-state index in [1.54, 1.807) is 0 Å². The highest BCUT2D eigenvalue weighted by Gasteiger charge is 2.16. The van der Waals surface area contributed by atoms with Crippen LogP contribution in [0.5, 0.6) is 0 Å². The second kappa shape index (κ2) is 17.4. The van der Waals surface area contributed by atoms with Crippen LogP contribution in [0.1, 0.15) is 90.4 Å². The lowest BCUT2D eigenvalue weighted by atomic mass is 10.1. The number of benzene rings is 1. The van der Waals surface area contributed by atoms with Crippen molar-refractivity contribution in [1.29, 1.82) is 0 Å². The Bertz CT molecular complexity index is 817. The van der Waals surface area contributed by atoms with Crippen LogP contribution in [0.2, 0.25) is 0 Å². The first kappa shape index (κ1) is 28.9. The van der Waals surface area contributed by atoms with Gasteiger partial charge in [0.05, 0.1) is 11.0 Å². The van der Waals surface area contributed by atoms with Crippen LogP contribution in [-0.4, -0.2) is 25.5 Å². The van der Waals surface area contributed by atoms with E-state index in [1.807, 2.05) is 6.08 Å². The second-order valence-electron chi connectivity index (χ2n) is 8.44. The van der Waals surface area contributed by atoms with E-state index in [0.717, 1.165) is 44.9 Å². The number of nitrogens with two attached hydrogens (primary N) is 1. The lowest BCUT2D eigenvalue weighted by molar-refractivity contribution is -0.119. The Balaban J connectivity index is 2.01. The lowest BCUT2D eigenvalue weighted by Gasteiger charge is -2.06. The summed E-state index contributed by atoms with van der Waals surface area (Å²) in [6.45, 7) is 2.13. The molecule has 0 aliphatic carbocycles. The van der Waals surface area contributed by atoms with Gasteiger partial charge in [0.2, 0.25) is 5.91 Å². The average molecular weight is 479 g/mol. The van der Waals surface area contributed by atoms with Gasteiger partial charge < -0.3 is 10.8 Å². The molecule has 0 bridgehead atoms. The van der Waals surface area contributed by atoms with Crippen molar-refractivity contribution >= 4 is 21.6 Å². The summed E-state index contributed by atoms with van der Waals surface area (Å²) < 4.78 is 26.4. The molecule has 4 N–H and O–H groups in total. The van der Waals surface area contributed by atoms with Crippen molar-refractivity contribution in [2.75, 3.05) is 5.73 Å². The van der Waals surface area contributed by atoms with Gasteiger partial charge in [-0.05, 0) is 69.2 Å². The molecular weight excluding hydrogens is 436 g/mol. The number of carbonyl (C=O) groups is 1. The molecule has 0 radical (unpaired) electrons. The average Bonchev–Trinajstić information content (AvgIpc) is 2.77. The van der Waals surface area contributed by atoms with Gasteiger partial charge in [-0.2, -0.15) is 0 Å². The minimum Gasteiger partial charge on any atom is -0.399 e. The summed E-state index contributed by atoms with van der Waals surface area (Å²) in [5.41, 5.74) is 6.02. The number of unbranched alkanes of at least 4 members (excludes halogenated alkanes) is 8. The highest BCUT2D eigenvalue weighted by atomic mass is 32.2. The van der Waals surface area contributed by atoms with Gasteiger partial charge in [0.25, 0.3) is 10.0 Å². The first-order valence-electron chi connectivity index (χ1n) is 12.3. The molecule has 33 heavy (non-hydrogen) atoms. The van der Waals surface area contributed by atoms with E-state index in [9.17, 15) is 18.3 Å². The quantitative estimate of drug-likeness (QED) is 0.144. The highest BCUT2D eigenvalue weighted by Crippen LogP contribution is 2.12. The molecule has 0 aromatic heterocycles. The molecule has 6 nitrogen and oxygen atoms in total. The molecule has 0 saturated carbocycles. The molecule has 0 spiro atoms. The zero-order valence-corrected chi connectivity index (χ0v) is 20.9. The Morgan fingerprint density at radius 2 is 1.52 bits per heavy atom. The molecule has 186 valence electrons. The summed E-state index contributed by atoms with van der Waals surface area (Å²) in [5.74, 6) is -0.495. The fourth-order valence-electron chi connectivity index (χ4n) is 3.34. The van der Waals surface area contributed by atoms with Crippen molar-refractivity contribution in [2.24, 2.45) is 0 Å². The molecule has 1 rings (SSSR count). The third kappa shape index (κ3) is 14.6. The lowest BCUT2D eigenvalue weighted by Crippen LogP contribution is -2.30. The summed E-state index contributed by atoms with van der Waals surface area (Å²) in [5, 5.41) is 9.74. The predicted molar refractivity (Wildman–Crippen MR) is 136 cm³/mol. The number of carbonyl (C=O) groups excluding carboxylic acids is 1. The summed E-state index contributed by atoms with van der Waals surface area (Å²) in [7, 11) is -3.84. The summed E-state index contributed by atoms with van der Waals surface area (Å²) in [6.07, 6.45) is 20.6. The monoisotopic (exact) mass is 478 g/mol. The van der Waals surface area contributed by atoms with Gasteiger partial charge in [-0.3, -0.25) is 4.79 Å². The number of amides is 1. The van der Waals surface area contributed by atoms with E-state index in [-0.39, 0.29) is 17.4 Å². The number of hydrogen-bond donors (Lipinski definition) is 3. The molecule has 1 amide bonds. The van der Waals surface area contributed by atoms with Crippen LogP contribution in [0, 0.1) is 0 Å². The van der Waals surface area contributed by atoms with Crippen LogP contribution in [-0.2, 0) is 14.8 Å². The van der Waals surface area contributed by atoms with E-state index < -0.39 is 15.9 Å². The third-order valence-electron chi connectivity index (χ3n) is 5.33. The largest absolute Gasteiger partial charge is 0.399 e. The molecule has 0 aliphatic rings. The number of hydrogen-bond acceptors (Lipinski definition) is 5. The van der Waals surface area contributed by atoms with Gasteiger partial charge in [0.15, 0.2) is 0 Å². The summed E-state index contributed by atoms with van der Waals surface area (Å²) in [4.78, 5) is 11.9. The number of nitrogen functional groups attached to an aromatic ring is 1. The number of aliphatic hydroxyl groups is 1. The number of anilines is 1. The van der Waals surface area contributed by atoms with Gasteiger partial charge in [0.1, 0.15) is 0 Å². The fraction of sp³-hybridized carbons (Fsp3) is 0.577. The maximum absolute atomic E-state index is 12.1. The Morgan fingerprint density at radius 1 is 0.939 bits per heavy atom. The van der Waals surface area contributed by atoms with Crippen LogP contribution >= 0.6 is 0 Å². The first-order valence-corrected chi connectivity index (χ1v) is 13.7. The summed E-state index contributed by atoms with van der Waals surface area (Å²) in [6, 6.07) is 5.74. The second-order valence-corrected chi connectivity index (χ2v) is 10.1. The highest BCUT2D eigenvalue weighted by molar-refractivity contribution is 7.90. The van der Waals surface area contributed by atoms with E-state index in [4.69, 9.17) is 5.73 Å². The molecule has 0 fully saturated rings. The van der Waals surface area contributed by atoms with Crippen LogP contribution in [0.4, 0.5) is 5.69 Å². The number of sulfonamides is 1. The van der Waals surface area contributed by atoms with Crippen LogP contribution in [0.3, 0.4) is 0 Å². The summed E-state index contributed by atoms with van der Waals surface area (Å²) >= 11 is 0. The van der Waals surface area contributed by atoms with Gasteiger partial charge in [0, 0.05) is 12.1 Å². The molecule has 0 aliphatic heterocycles. The van der Waals surface area contributed by atoms with Gasteiger partial charge in [-0.25, -0.2) is 13.1 Å². The zero-order valence-electron chi connectivity index (χ0n) is 20.0. The van der Waals surface area contributed by atoms with Crippen LogP contribution in [0.25, 0.3) is 0 Å². The van der Waals surface area contributed by atoms with Crippen molar-refractivity contribution in [3.8, 4) is 0 Å². The van der Waals surface area contributed by atoms with Crippen molar-refractivity contribution in [1.82, 2.24) is 4.72 Å². The van der Waals surface area contributed by atoms with E-state index in [1.165, 1.54) is 49.9 Å². The zero-order chi connectivity index (χ0) is 24.4. The van der Waals surface area contributed by atoms with Gasteiger partial charge in [-0.1, -0.05) is 63.3 Å². The molecule has 1 atom stereocenters. The van der Waals surface area contributed by atoms with Crippen LogP contribution in [0.15, 0.2) is 53.5 Å². The van der Waals surface area contributed by atoms with Crippen LogP contribution < -0.4 is 10.5 Å². The number of rotatable bonds is 18. The molecule has 1 aromatic rings. The van der Waals surface area contributed by atoms with Crippen molar-refractivity contribution in [3.05, 3.63) is 48.6 Å². The van der Waals surface area contributed by atoms with Crippen molar-refractivity contribution in [2.45, 2.75) is 101 Å². The van der Waals surface area contributed by atoms with E-state index >= 15 is 0 Å². The smallest absolute Gasteiger partial charge is 0.264 e. The number of allylic oxidation sites excluding steroid dienone is 3. The first-order chi connectivity index (χ1) is 15.8.